The van der Waals surface area contributed by atoms with Crippen molar-refractivity contribution < 1.29 is 4.79 Å². The number of carbonyl (C=O) groups excluding carboxylic acids is 1. The molecule has 88 valence electrons. The molecule has 1 amide bonds. The van der Waals surface area contributed by atoms with Crippen molar-refractivity contribution in [2.75, 3.05) is 19.6 Å². The van der Waals surface area contributed by atoms with Crippen molar-refractivity contribution in [1.29, 1.82) is 5.26 Å². The average Bonchev–Trinajstić information content (AvgIpc) is 2.74. The normalized spacial score (nSPS) is 31.4. The lowest BCUT2D eigenvalue weighted by Crippen LogP contribution is -2.42. The van der Waals surface area contributed by atoms with Gasteiger partial charge in [-0.2, -0.15) is 5.26 Å². The fraction of sp³-hybridized carbons (Fsp3) is 0.833. The van der Waals surface area contributed by atoms with Crippen molar-refractivity contribution >= 4 is 5.91 Å². The number of nitrogens with one attached hydrogen (secondary N) is 1. The summed E-state index contributed by atoms with van der Waals surface area (Å²) in [6.45, 7) is 2.16. The smallest absolute Gasteiger partial charge is 0.228 e. The maximum Gasteiger partial charge on any atom is 0.228 e. The minimum atomic E-state index is -0.278. The first kappa shape index (κ1) is 11.3. The van der Waals surface area contributed by atoms with E-state index in [0.717, 1.165) is 38.8 Å². The van der Waals surface area contributed by atoms with Crippen molar-refractivity contribution in [2.45, 2.75) is 38.5 Å². The fourth-order valence-corrected chi connectivity index (χ4v) is 2.79. The Bertz CT molecular complexity index is 310. The first-order valence-electron chi connectivity index (χ1n) is 6.20. The molecule has 0 saturated carbocycles. The van der Waals surface area contributed by atoms with Gasteiger partial charge >= 0.3 is 0 Å². The lowest BCUT2D eigenvalue weighted by Gasteiger charge is -2.26. The molecule has 0 radical (unpaired) electrons. The summed E-state index contributed by atoms with van der Waals surface area (Å²) in [5.41, 5.74) is -0.278. The van der Waals surface area contributed by atoms with Crippen LogP contribution in [0, 0.1) is 16.9 Å². The van der Waals surface area contributed by atoms with E-state index in [1.165, 1.54) is 12.8 Å². The summed E-state index contributed by atoms with van der Waals surface area (Å²) < 4.78 is 0. The van der Waals surface area contributed by atoms with E-state index in [4.69, 9.17) is 5.26 Å². The van der Waals surface area contributed by atoms with Crippen LogP contribution in [0.15, 0.2) is 0 Å². The van der Waals surface area contributed by atoms with Crippen LogP contribution in [-0.2, 0) is 4.79 Å². The molecule has 0 aliphatic carbocycles. The zero-order valence-electron chi connectivity index (χ0n) is 9.67. The maximum atomic E-state index is 12.2. The maximum absolute atomic E-state index is 12.2. The van der Waals surface area contributed by atoms with Gasteiger partial charge in [0.25, 0.3) is 0 Å². The van der Waals surface area contributed by atoms with E-state index >= 15 is 0 Å². The molecule has 1 spiro atoms. The number of hydrogen-bond donors (Lipinski definition) is 1. The Morgan fingerprint density at radius 3 is 2.81 bits per heavy atom. The Morgan fingerprint density at radius 2 is 2.06 bits per heavy atom. The third-order valence-electron chi connectivity index (χ3n) is 3.84. The van der Waals surface area contributed by atoms with Gasteiger partial charge in [0.2, 0.25) is 5.91 Å². The van der Waals surface area contributed by atoms with Gasteiger partial charge in [-0.3, -0.25) is 4.79 Å². The second-order valence-corrected chi connectivity index (χ2v) is 4.97. The Hall–Kier alpha value is -1.24. The van der Waals surface area contributed by atoms with Gasteiger partial charge in [-0.15, -0.1) is 0 Å². The summed E-state index contributed by atoms with van der Waals surface area (Å²) in [4.78, 5) is 13.9. The highest BCUT2D eigenvalue weighted by Crippen LogP contribution is 2.36. The Labute approximate surface area is 96.6 Å². The first-order valence-corrected chi connectivity index (χ1v) is 6.20. The van der Waals surface area contributed by atoms with Crippen molar-refractivity contribution in [3.05, 3.63) is 0 Å². The molecule has 2 rings (SSSR count). The predicted molar refractivity (Wildman–Crippen MR) is 60.3 cm³/mol. The largest absolute Gasteiger partial charge is 0.356 e. The molecule has 1 atom stereocenters. The summed E-state index contributed by atoms with van der Waals surface area (Å²) in [6.07, 6.45) is 8.57. The van der Waals surface area contributed by atoms with Crippen LogP contribution >= 0.6 is 0 Å². The topological polar surface area (TPSA) is 56.1 Å². The molecule has 4 heteroatoms. The van der Waals surface area contributed by atoms with Crippen molar-refractivity contribution in [1.82, 2.24) is 10.2 Å². The molecule has 4 nitrogen and oxygen atoms in total. The van der Waals surface area contributed by atoms with Crippen LogP contribution in [0.2, 0.25) is 0 Å². The zero-order valence-corrected chi connectivity index (χ0v) is 9.67. The fourth-order valence-electron chi connectivity index (χ4n) is 2.79. The van der Waals surface area contributed by atoms with Gasteiger partial charge in [-0.1, -0.05) is 19.3 Å². The molecule has 2 aliphatic heterocycles. The minimum absolute atomic E-state index is 0.173. The molecular weight excluding hydrogens is 202 g/mol. The standard InChI is InChI=1S/C12H19N3O/c13-10-15-8-6-12(9-15)5-3-1-2-4-7-14-11(12)16/h1-9H2,(H,14,16). The summed E-state index contributed by atoms with van der Waals surface area (Å²) in [7, 11) is 0. The van der Waals surface area contributed by atoms with E-state index in [1.807, 2.05) is 0 Å². The van der Waals surface area contributed by atoms with Crippen LogP contribution in [0.5, 0.6) is 0 Å². The monoisotopic (exact) mass is 221 g/mol. The van der Waals surface area contributed by atoms with E-state index in [2.05, 4.69) is 11.5 Å². The average molecular weight is 221 g/mol. The molecule has 1 N–H and O–H groups in total. The van der Waals surface area contributed by atoms with Crippen LogP contribution in [0.1, 0.15) is 38.5 Å². The van der Waals surface area contributed by atoms with Gasteiger partial charge in [-0.25, -0.2) is 0 Å². The molecule has 2 heterocycles. The van der Waals surface area contributed by atoms with Crippen LogP contribution in [0.3, 0.4) is 0 Å². The predicted octanol–water partition coefficient (Wildman–Crippen LogP) is 1.24. The molecule has 0 aromatic rings. The number of amides is 1. The molecule has 0 bridgehead atoms. The van der Waals surface area contributed by atoms with Crippen LogP contribution < -0.4 is 5.32 Å². The molecule has 0 aromatic carbocycles. The highest BCUT2D eigenvalue weighted by Gasteiger charge is 2.43. The summed E-state index contributed by atoms with van der Waals surface area (Å²) in [5, 5.41) is 11.9. The van der Waals surface area contributed by atoms with E-state index in [1.54, 1.807) is 4.90 Å². The molecule has 2 aliphatic rings. The van der Waals surface area contributed by atoms with Gasteiger partial charge < -0.3 is 10.2 Å². The number of likely N-dealkylation sites (tertiary alicyclic amines) is 1. The van der Waals surface area contributed by atoms with Gasteiger partial charge in [0, 0.05) is 19.6 Å². The lowest BCUT2D eigenvalue weighted by atomic mass is 9.81. The SMILES string of the molecule is N#CN1CCC2(CCCCCCNC2=O)C1. The van der Waals surface area contributed by atoms with Crippen molar-refractivity contribution in [3.63, 3.8) is 0 Å². The van der Waals surface area contributed by atoms with E-state index < -0.39 is 0 Å². The zero-order chi connectivity index (χ0) is 11.4. The van der Waals surface area contributed by atoms with E-state index in [-0.39, 0.29) is 11.3 Å². The van der Waals surface area contributed by atoms with Crippen molar-refractivity contribution in [2.24, 2.45) is 5.41 Å². The number of rotatable bonds is 0. The number of nitriles is 1. The molecule has 2 saturated heterocycles. The molecule has 1 unspecified atom stereocenters. The van der Waals surface area contributed by atoms with Crippen molar-refractivity contribution in [3.8, 4) is 6.19 Å². The Morgan fingerprint density at radius 1 is 1.25 bits per heavy atom. The molecule has 16 heavy (non-hydrogen) atoms. The quantitative estimate of drug-likeness (QED) is 0.626. The second-order valence-electron chi connectivity index (χ2n) is 4.97. The highest BCUT2D eigenvalue weighted by molar-refractivity contribution is 5.83. The third-order valence-corrected chi connectivity index (χ3v) is 3.84. The Kier molecular flexibility index (Phi) is 3.33. The minimum Gasteiger partial charge on any atom is -0.356 e. The molecule has 2 fully saturated rings. The van der Waals surface area contributed by atoms with E-state index in [0.29, 0.717) is 6.54 Å². The number of carbonyl (C=O) groups is 1. The van der Waals surface area contributed by atoms with Crippen LogP contribution in [0.4, 0.5) is 0 Å². The second kappa shape index (κ2) is 4.73. The summed E-state index contributed by atoms with van der Waals surface area (Å²) in [6, 6.07) is 0. The van der Waals surface area contributed by atoms with Gasteiger partial charge in [0.1, 0.15) is 0 Å². The number of hydrogen-bond acceptors (Lipinski definition) is 3. The first-order chi connectivity index (χ1) is 7.77. The van der Waals surface area contributed by atoms with E-state index in [9.17, 15) is 4.79 Å². The third kappa shape index (κ3) is 2.13. The summed E-state index contributed by atoms with van der Waals surface area (Å²) in [5.74, 6) is 0.173. The van der Waals surface area contributed by atoms with Gasteiger partial charge in [-0.05, 0) is 19.3 Å². The number of nitrogens with zero attached hydrogens (tertiary/aromatic N) is 2. The van der Waals surface area contributed by atoms with Crippen LogP contribution in [-0.4, -0.2) is 30.4 Å². The van der Waals surface area contributed by atoms with Gasteiger partial charge in [0.15, 0.2) is 6.19 Å². The van der Waals surface area contributed by atoms with Crippen LogP contribution in [0.25, 0.3) is 0 Å². The Balaban J connectivity index is 2.09. The van der Waals surface area contributed by atoms with Gasteiger partial charge in [0.05, 0.1) is 5.41 Å². The highest BCUT2D eigenvalue weighted by atomic mass is 16.2. The lowest BCUT2D eigenvalue weighted by molar-refractivity contribution is -0.130. The molecule has 0 aromatic heterocycles. The summed E-state index contributed by atoms with van der Waals surface area (Å²) >= 11 is 0. The molecular formula is C12H19N3O.